The summed E-state index contributed by atoms with van der Waals surface area (Å²) >= 11 is 0. The average molecular weight is 521 g/mol. The third-order valence-corrected chi connectivity index (χ3v) is 7.71. The summed E-state index contributed by atoms with van der Waals surface area (Å²) in [5, 5.41) is 6.58. The summed E-state index contributed by atoms with van der Waals surface area (Å²) in [5.41, 5.74) is 4.00. The first kappa shape index (κ1) is 23.7. The SMILES string of the molecule is Cc1cc(NS(=O)(=O)c2ccc(N=c3c4ccccc4n(Cc4ccccc4)c4ccccc34)cc2)no1. The van der Waals surface area contributed by atoms with Crippen molar-refractivity contribution in [1.29, 1.82) is 0 Å². The number of hydrogen-bond acceptors (Lipinski definition) is 5. The van der Waals surface area contributed by atoms with E-state index in [2.05, 4.69) is 63.0 Å². The summed E-state index contributed by atoms with van der Waals surface area (Å²) in [7, 11) is -3.81. The topological polar surface area (TPSA) is 89.5 Å². The van der Waals surface area contributed by atoms with Crippen LogP contribution >= 0.6 is 0 Å². The molecular formula is C30H24N4O3S. The molecular weight excluding hydrogens is 496 g/mol. The van der Waals surface area contributed by atoms with E-state index < -0.39 is 10.0 Å². The molecule has 0 bridgehead atoms. The predicted molar refractivity (Wildman–Crippen MR) is 149 cm³/mol. The molecule has 0 aliphatic rings. The first-order valence-corrected chi connectivity index (χ1v) is 13.6. The second-order valence-corrected chi connectivity index (χ2v) is 10.7. The number of pyridine rings is 1. The number of nitrogens with zero attached hydrogens (tertiary/aromatic N) is 3. The lowest BCUT2D eigenvalue weighted by Gasteiger charge is -2.16. The van der Waals surface area contributed by atoms with Gasteiger partial charge < -0.3 is 9.09 Å². The molecule has 0 spiro atoms. The highest BCUT2D eigenvalue weighted by molar-refractivity contribution is 7.92. The molecule has 6 aromatic rings. The van der Waals surface area contributed by atoms with Gasteiger partial charge in [0.05, 0.1) is 27.0 Å². The number of fused-ring (bicyclic) bond motifs is 2. The number of para-hydroxylation sites is 2. The minimum atomic E-state index is -3.81. The summed E-state index contributed by atoms with van der Waals surface area (Å²) in [4.78, 5) is 5.11. The van der Waals surface area contributed by atoms with Gasteiger partial charge in [-0.2, -0.15) is 0 Å². The van der Waals surface area contributed by atoms with E-state index >= 15 is 0 Å². The Morgan fingerprint density at radius 3 is 2.03 bits per heavy atom. The highest BCUT2D eigenvalue weighted by Gasteiger charge is 2.16. The zero-order valence-electron chi connectivity index (χ0n) is 20.6. The molecule has 0 atom stereocenters. The maximum absolute atomic E-state index is 12.8. The Hall–Kier alpha value is -4.69. The van der Waals surface area contributed by atoms with Crippen molar-refractivity contribution in [2.45, 2.75) is 18.4 Å². The molecule has 0 saturated carbocycles. The van der Waals surface area contributed by atoms with Crippen LogP contribution < -0.4 is 10.1 Å². The quantitative estimate of drug-likeness (QED) is 0.266. The third-order valence-electron chi connectivity index (χ3n) is 6.34. The third kappa shape index (κ3) is 4.57. The van der Waals surface area contributed by atoms with Crippen molar-refractivity contribution in [3.63, 3.8) is 0 Å². The molecule has 0 radical (unpaired) electrons. The zero-order chi connectivity index (χ0) is 26.1. The summed E-state index contributed by atoms with van der Waals surface area (Å²) in [6.07, 6.45) is 0. The van der Waals surface area contributed by atoms with Gasteiger partial charge >= 0.3 is 0 Å². The summed E-state index contributed by atoms with van der Waals surface area (Å²) < 4.78 is 35.3. The van der Waals surface area contributed by atoms with Crippen LogP contribution in [0.2, 0.25) is 0 Å². The molecule has 0 unspecified atom stereocenters. The van der Waals surface area contributed by atoms with Gasteiger partial charge in [-0.15, -0.1) is 0 Å². The van der Waals surface area contributed by atoms with Gasteiger partial charge in [-0.05, 0) is 48.9 Å². The van der Waals surface area contributed by atoms with Crippen LogP contribution in [0.3, 0.4) is 0 Å². The zero-order valence-corrected chi connectivity index (χ0v) is 21.4. The van der Waals surface area contributed by atoms with Crippen molar-refractivity contribution >= 4 is 43.3 Å². The number of hydrogen-bond donors (Lipinski definition) is 1. The highest BCUT2D eigenvalue weighted by Crippen LogP contribution is 2.23. The monoisotopic (exact) mass is 520 g/mol. The molecule has 6 rings (SSSR count). The minimum absolute atomic E-state index is 0.112. The van der Waals surface area contributed by atoms with E-state index in [-0.39, 0.29) is 10.7 Å². The predicted octanol–water partition coefficient (Wildman–Crippen LogP) is 6.17. The number of benzene rings is 4. The molecule has 4 aromatic carbocycles. The second-order valence-electron chi connectivity index (χ2n) is 8.99. The number of nitrogens with one attached hydrogen (secondary N) is 1. The van der Waals surface area contributed by atoms with E-state index in [1.807, 2.05) is 30.3 Å². The van der Waals surface area contributed by atoms with Crippen molar-refractivity contribution in [3.05, 3.63) is 126 Å². The maximum Gasteiger partial charge on any atom is 0.263 e. The second kappa shape index (κ2) is 9.64. The Balaban J connectivity index is 1.46. The number of rotatable bonds is 6. The van der Waals surface area contributed by atoms with Crippen molar-refractivity contribution < 1.29 is 12.9 Å². The fourth-order valence-electron chi connectivity index (χ4n) is 4.59. The molecule has 7 nitrogen and oxygen atoms in total. The molecule has 0 aliphatic heterocycles. The number of aryl methyl sites for hydroxylation is 1. The van der Waals surface area contributed by atoms with Gasteiger partial charge in [-0.25, -0.2) is 13.4 Å². The fraction of sp³-hybridized carbons (Fsp3) is 0.0667. The van der Waals surface area contributed by atoms with Crippen LogP contribution in [-0.4, -0.2) is 18.1 Å². The first-order valence-electron chi connectivity index (χ1n) is 12.1. The molecule has 38 heavy (non-hydrogen) atoms. The van der Waals surface area contributed by atoms with Gasteiger partial charge in [0.25, 0.3) is 10.0 Å². The number of aromatic nitrogens is 2. The van der Waals surface area contributed by atoms with Crippen LogP contribution in [0.1, 0.15) is 11.3 Å². The van der Waals surface area contributed by atoms with Gasteiger partial charge in [-0.1, -0.05) is 71.9 Å². The van der Waals surface area contributed by atoms with E-state index in [1.165, 1.54) is 23.8 Å². The Kier molecular flexibility index (Phi) is 6.01. The van der Waals surface area contributed by atoms with Crippen LogP contribution in [-0.2, 0) is 16.6 Å². The van der Waals surface area contributed by atoms with Crippen LogP contribution in [0.5, 0.6) is 0 Å². The number of anilines is 1. The van der Waals surface area contributed by atoms with Crippen molar-refractivity contribution in [3.8, 4) is 0 Å². The van der Waals surface area contributed by atoms with Gasteiger partial charge in [0.2, 0.25) is 0 Å². The summed E-state index contributed by atoms with van der Waals surface area (Å²) in [5.74, 6) is 0.659. The normalized spacial score (nSPS) is 11.6. The molecule has 0 amide bonds. The van der Waals surface area contributed by atoms with E-state index in [9.17, 15) is 8.42 Å². The van der Waals surface area contributed by atoms with E-state index in [0.29, 0.717) is 11.4 Å². The van der Waals surface area contributed by atoms with E-state index in [4.69, 9.17) is 9.52 Å². The molecule has 188 valence electrons. The van der Waals surface area contributed by atoms with Gasteiger partial charge in [-0.3, -0.25) is 4.72 Å². The van der Waals surface area contributed by atoms with Crippen LogP contribution in [0.15, 0.2) is 124 Å². The van der Waals surface area contributed by atoms with Crippen LogP contribution in [0.4, 0.5) is 11.5 Å². The Morgan fingerprint density at radius 1 is 0.816 bits per heavy atom. The standard InChI is InChI=1S/C30H24N4O3S/c1-21-19-29(32-37-21)33-38(35,36)24-17-15-23(16-18-24)31-30-25-11-5-7-13-27(25)34(20-22-9-3-2-4-10-22)28-14-8-6-12-26(28)30/h2-19H,20H2,1H3,(H,32,33). The van der Waals surface area contributed by atoms with Crippen molar-refractivity contribution in [1.82, 2.24) is 9.72 Å². The van der Waals surface area contributed by atoms with Crippen molar-refractivity contribution in [2.24, 2.45) is 4.99 Å². The Bertz CT molecular complexity index is 1880. The largest absolute Gasteiger partial charge is 0.360 e. The molecule has 0 fully saturated rings. The molecule has 2 heterocycles. The molecule has 0 aliphatic carbocycles. The lowest BCUT2D eigenvalue weighted by atomic mass is 10.1. The first-order chi connectivity index (χ1) is 18.5. The van der Waals surface area contributed by atoms with E-state index in [0.717, 1.165) is 33.7 Å². The smallest absolute Gasteiger partial charge is 0.263 e. The Labute approximate surface area is 219 Å². The van der Waals surface area contributed by atoms with Crippen molar-refractivity contribution in [2.75, 3.05) is 4.72 Å². The van der Waals surface area contributed by atoms with E-state index in [1.54, 1.807) is 19.1 Å². The van der Waals surface area contributed by atoms with Crippen LogP contribution in [0.25, 0.3) is 21.8 Å². The molecule has 1 N–H and O–H groups in total. The minimum Gasteiger partial charge on any atom is -0.360 e. The lowest BCUT2D eigenvalue weighted by Crippen LogP contribution is -2.13. The van der Waals surface area contributed by atoms with Gasteiger partial charge in [0.1, 0.15) is 5.76 Å². The molecule has 0 saturated heterocycles. The van der Waals surface area contributed by atoms with Crippen LogP contribution in [0, 0.1) is 6.92 Å². The summed E-state index contributed by atoms with van der Waals surface area (Å²) in [6.45, 7) is 2.42. The molecule has 2 aromatic heterocycles. The summed E-state index contributed by atoms with van der Waals surface area (Å²) in [6, 6.07) is 34.8. The lowest BCUT2D eigenvalue weighted by molar-refractivity contribution is 0.400. The highest BCUT2D eigenvalue weighted by atomic mass is 32.2. The maximum atomic E-state index is 12.8. The number of sulfonamides is 1. The molecule has 8 heteroatoms. The van der Waals surface area contributed by atoms with Gasteiger partial charge in [0.15, 0.2) is 5.82 Å². The van der Waals surface area contributed by atoms with Gasteiger partial charge in [0, 0.05) is 23.4 Å². The average Bonchev–Trinajstić information content (AvgIpc) is 3.35. The Morgan fingerprint density at radius 2 is 1.42 bits per heavy atom. The fourth-order valence-corrected chi connectivity index (χ4v) is 5.57.